The molecule has 0 bridgehead atoms. The van der Waals surface area contributed by atoms with Crippen LogP contribution in [0.3, 0.4) is 0 Å². The standard InChI is InChI=1S/C26H33NO4/c1-26(2,3)31-25(28)22(16-10-11-17-23-29-18-19-30-23)27-24(20-12-6-4-7-13-20)21-14-8-5-9-15-21/h4-9,12-15,22-23H,10-11,16-19H2,1-3H3/t22-/m1/s1. The van der Waals surface area contributed by atoms with E-state index in [9.17, 15) is 4.79 Å². The number of ether oxygens (including phenoxy) is 3. The van der Waals surface area contributed by atoms with Crippen LogP contribution in [0, 0.1) is 0 Å². The van der Waals surface area contributed by atoms with E-state index < -0.39 is 11.6 Å². The normalized spacial score (nSPS) is 15.5. The summed E-state index contributed by atoms with van der Waals surface area (Å²) in [5, 5.41) is 0. The van der Waals surface area contributed by atoms with Crippen LogP contribution in [0.25, 0.3) is 0 Å². The minimum absolute atomic E-state index is 0.118. The van der Waals surface area contributed by atoms with Crippen molar-refractivity contribution in [3.8, 4) is 0 Å². The van der Waals surface area contributed by atoms with Crippen LogP contribution in [0.2, 0.25) is 0 Å². The number of nitrogens with zero attached hydrogens (tertiary/aromatic N) is 1. The molecule has 1 heterocycles. The Labute approximate surface area is 185 Å². The van der Waals surface area contributed by atoms with Crippen molar-refractivity contribution < 1.29 is 19.0 Å². The Bertz CT molecular complexity index is 795. The molecule has 1 saturated heterocycles. The second-order valence-corrected chi connectivity index (χ2v) is 8.71. The van der Waals surface area contributed by atoms with Crippen LogP contribution in [0.15, 0.2) is 65.7 Å². The zero-order valence-corrected chi connectivity index (χ0v) is 18.8. The Morgan fingerprint density at radius 3 is 2.03 bits per heavy atom. The number of rotatable bonds is 9. The average molecular weight is 424 g/mol. The second-order valence-electron chi connectivity index (χ2n) is 8.71. The number of unbranched alkanes of at least 4 members (excludes halogenated alkanes) is 1. The predicted octanol–water partition coefficient (Wildman–Crippen LogP) is 5.17. The topological polar surface area (TPSA) is 57.1 Å². The molecule has 1 aliphatic rings. The van der Waals surface area contributed by atoms with E-state index in [0.717, 1.165) is 36.1 Å². The molecule has 0 spiro atoms. The van der Waals surface area contributed by atoms with Gasteiger partial charge in [0.05, 0.1) is 18.9 Å². The van der Waals surface area contributed by atoms with Crippen molar-refractivity contribution in [1.82, 2.24) is 0 Å². The summed E-state index contributed by atoms with van der Waals surface area (Å²) < 4.78 is 16.7. The van der Waals surface area contributed by atoms with Crippen molar-refractivity contribution in [2.75, 3.05) is 13.2 Å². The van der Waals surface area contributed by atoms with Crippen molar-refractivity contribution in [2.24, 2.45) is 4.99 Å². The molecule has 5 nitrogen and oxygen atoms in total. The summed E-state index contributed by atoms with van der Waals surface area (Å²) in [5.41, 5.74) is 2.21. The molecule has 0 unspecified atom stereocenters. The summed E-state index contributed by atoms with van der Waals surface area (Å²) in [4.78, 5) is 18.0. The number of carbonyl (C=O) groups is 1. The van der Waals surface area contributed by atoms with Crippen LogP contribution >= 0.6 is 0 Å². The third-order valence-corrected chi connectivity index (χ3v) is 4.92. The maximum absolute atomic E-state index is 13.0. The quantitative estimate of drug-likeness (QED) is 0.317. The maximum atomic E-state index is 13.0. The van der Waals surface area contributed by atoms with Gasteiger partial charge in [0, 0.05) is 11.1 Å². The Hall–Kier alpha value is -2.50. The van der Waals surface area contributed by atoms with Crippen LogP contribution < -0.4 is 0 Å². The van der Waals surface area contributed by atoms with Gasteiger partial charge in [-0.1, -0.05) is 67.1 Å². The fourth-order valence-corrected chi connectivity index (χ4v) is 3.49. The minimum Gasteiger partial charge on any atom is -0.458 e. The number of hydrogen-bond acceptors (Lipinski definition) is 5. The minimum atomic E-state index is -0.569. The van der Waals surface area contributed by atoms with Crippen molar-refractivity contribution in [3.05, 3.63) is 71.8 Å². The van der Waals surface area contributed by atoms with Crippen LogP contribution in [-0.2, 0) is 19.0 Å². The Kier molecular flexibility index (Phi) is 8.38. The molecular weight excluding hydrogens is 390 g/mol. The highest BCUT2D eigenvalue weighted by atomic mass is 16.7. The molecule has 1 atom stereocenters. The van der Waals surface area contributed by atoms with Crippen LogP contribution in [0.5, 0.6) is 0 Å². The van der Waals surface area contributed by atoms with Gasteiger partial charge in [-0.05, 0) is 40.0 Å². The molecule has 1 aliphatic heterocycles. The van der Waals surface area contributed by atoms with Crippen molar-refractivity contribution in [2.45, 2.75) is 64.4 Å². The summed E-state index contributed by atoms with van der Waals surface area (Å²) in [6, 6.07) is 19.4. The number of aliphatic imine (C=N–C) groups is 1. The van der Waals surface area contributed by atoms with E-state index in [2.05, 4.69) is 0 Å². The fourth-order valence-electron chi connectivity index (χ4n) is 3.49. The van der Waals surface area contributed by atoms with Gasteiger partial charge in [-0.3, -0.25) is 4.99 Å². The maximum Gasteiger partial charge on any atom is 0.331 e. The van der Waals surface area contributed by atoms with Gasteiger partial charge in [-0.15, -0.1) is 0 Å². The smallest absolute Gasteiger partial charge is 0.331 e. The van der Waals surface area contributed by atoms with Gasteiger partial charge in [-0.25, -0.2) is 4.79 Å². The molecule has 2 aromatic rings. The Morgan fingerprint density at radius 1 is 0.968 bits per heavy atom. The summed E-state index contributed by atoms with van der Waals surface area (Å²) in [6.45, 7) is 6.97. The first-order valence-corrected chi connectivity index (χ1v) is 11.1. The molecule has 0 N–H and O–H groups in total. The summed E-state index contributed by atoms with van der Waals surface area (Å²) in [7, 11) is 0. The van der Waals surface area contributed by atoms with Crippen molar-refractivity contribution in [3.63, 3.8) is 0 Å². The highest BCUT2D eigenvalue weighted by Gasteiger charge is 2.26. The van der Waals surface area contributed by atoms with E-state index in [0.29, 0.717) is 19.6 Å². The van der Waals surface area contributed by atoms with E-state index >= 15 is 0 Å². The monoisotopic (exact) mass is 423 g/mol. The van der Waals surface area contributed by atoms with Gasteiger partial charge in [-0.2, -0.15) is 0 Å². The highest BCUT2D eigenvalue weighted by molar-refractivity contribution is 6.13. The highest BCUT2D eigenvalue weighted by Crippen LogP contribution is 2.20. The lowest BCUT2D eigenvalue weighted by atomic mass is 10.0. The molecule has 0 amide bonds. The second kappa shape index (κ2) is 11.2. The first kappa shape index (κ1) is 23.2. The van der Waals surface area contributed by atoms with E-state index in [1.165, 1.54) is 0 Å². The van der Waals surface area contributed by atoms with Crippen LogP contribution in [0.4, 0.5) is 0 Å². The third kappa shape index (κ3) is 7.60. The van der Waals surface area contributed by atoms with Crippen molar-refractivity contribution >= 4 is 11.7 Å². The van der Waals surface area contributed by atoms with Gasteiger partial charge in [0.25, 0.3) is 0 Å². The molecule has 0 radical (unpaired) electrons. The number of esters is 1. The summed E-state index contributed by atoms with van der Waals surface area (Å²) in [5.74, 6) is -0.287. The first-order valence-electron chi connectivity index (χ1n) is 11.1. The lowest BCUT2D eigenvalue weighted by Crippen LogP contribution is -2.32. The number of carbonyl (C=O) groups excluding carboxylic acids is 1. The lowest BCUT2D eigenvalue weighted by Gasteiger charge is -2.23. The zero-order chi connectivity index (χ0) is 22.1. The van der Waals surface area contributed by atoms with Crippen LogP contribution in [0.1, 0.15) is 57.6 Å². The fraction of sp³-hybridized carbons (Fsp3) is 0.462. The van der Waals surface area contributed by atoms with E-state index in [1.807, 2.05) is 81.4 Å². The van der Waals surface area contributed by atoms with Gasteiger partial charge in [0.2, 0.25) is 0 Å². The Morgan fingerprint density at radius 2 is 1.52 bits per heavy atom. The number of hydrogen-bond donors (Lipinski definition) is 0. The molecule has 1 fully saturated rings. The molecule has 3 rings (SSSR count). The molecule has 166 valence electrons. The van der Waals surface area contributed by atoms with Gasteiger partial charge < -0.3 is 14.2 Å². The zero-order valence-electron chi connectivity index (χ0n) is 18.8. The SMILES string of the molecule is CC(C)(C)OC(=O)[C@@H](CCCCC1OCCO1)N=C(c1ccccc1)c1ccccc1. The first-order chi connectivity index (χ1) is 14.9. The molecule has 31 heavy (non-hydrogen) atoms. The van der Waals surface area contributed by atoms with Gasteiger partial charge in [0.1, 0.15) is 11.6 Å². The molecule has 0 aliphatic carbocycles. The summed E-state index contributed by atoms with van der Waals surface area (Å²) in [6.07, 6.45) is 3.08. The van der Waals surface area contributed by atoms with Gasteiger partial charge >= 0.3 is 5.97 Å². The van der Waals surface area contributed by atoms with Crippen molar-refractivity contribution in [1.29, 1.82) is 0 Å². The predicted molar refractivity (Wildman–Crippen MR) is 122 cm³/mol. The van der Waals surface area contributed by atoms with E-state index in [1.54, 1.807) is 0 Å². The number of benzene rings is 2. The molecule has 5 heteroatoms. The van der Waals surface area contributed by atoms with Gasteiger partial charge in [0.15, 0.2) is 6.29 Å². The van der Waals surface area contributed by atoms with Crippen LogP contribution in [-0.4, -0.2) is 42.8 Å². The third-order valence-electron chi connectivity index (χ3n) is 4.92. The van der Waals surface area contributed by atoms with E-state index in [4.69, 9.17) is 19.2 Å². The summed E-state index contributed by atoms with van der Waals surface area (Å²) >= 11 is 0. The molecular formula is C26H33NO4. The van der Waals surface area contributed by atoms with E-state index in [-0.39, 0.29) is 12.3 Å². The molecule has 2 aromatic carbocycles. The molecule has 0 saturated carbocycles. The average Bonchev–Trinajstić information content (AvgIpc) is 3.27. The lowest BCUT2D eigenvalue weighted by molar-refractivity contribution is -0.156. The largest absolute Gasteiger partial charge is 0.458 e. The molecule has 0 aromatic heterocycles. The Balaban J connectivity index is 1.81.